The molecular weight excluding hydrogens is 150 g/mol. The maximum absolute atomic E-state index is 8.66. The molecule has 4 nitrogen and oxygen atoms in total. The molecule has 0 bridgehead atoms. The first-order chi connectivity index (χ1) is 2.00. The van der Waals surface area contributed by atoms with Gasteiger partial charge in [0.1, 0.15) is 0 Å². The number of hydrogen-bond acceptors (Lipinski definition) is 3. The van der Waals surface area contributed by atoms with Crippen molar-refractivity contribution >= 4 is 7.82 Å². The zero-order chi connectivity index (χ0) is 4.50. The van der Waals surface area contributed by atoms with Crippen LogP contribution in [-0.4, -0.2) is 4.89 Å². The van der Waals surface area contributed by atoms with Crippen molar-refractivity contribution in [2.75, 3.05) is 0 Å². The molecule has 37 valence electrons. The first-order valence-electron chi connectivity index (χ1n) is 0.748. The Morgan fingerprint density at radius 3 is 1.50 bits per heavy atom. The molecule has 0 fully saturated rings. The molecule has 0 rings (SSSR count). The molecule has 0 spiro atoms. The molecular formula is HMnO4P. The van der Waals surface area contributed by atoms with Gasteiger partial charge in [0.25, 0.3) is 0 Å². The van der Waals surface area contributed by atoms with Gasteiger partial charge < -0.3 is 19.2 Å². The van der Waals surface area contributed by atoms with Crippen LogP contribution < -0.4 is 9.79 Å². The van der Waals surface area contributed by atoms with E-state index in [1.165, 1.54) is 0 Å². The SMILES string of the molecule is O=P([O-])([O-])O.[Mn+2]. The van der Waals surface area contributed by atoms with Crippen molar-refractivity contribution in [3.63, 3.8) is 0 Å². The first kappa shape index (κ1) is 9.80. The Hall–Kier alpha value is 0.629. The van der Waals surface area contributed by atoms with Crippen molar-refractivity contribution in [1.29, 1.82) is 0 Å². The van der Waals surface area contributed by atoms with Gasteiger partial charge in [0.15, 0.2) is 0 Å². The fourth-order valence-electron chi connectivity index (χ4n) is 0. The fourth-order valence-corrected chi connectivity index (χ4v) is 0. The Bertz CT molecular complexity index is 53.7. The molecule has 1 N–H and O–H groups in total. The molecule has 0 aromatic carbocycles. The molecule has 0 aliphatic heterocycles. The van der Waals surface area contributed by atoms with Crippen LogP contribution in [0, 0.1) is 0 Å². The minimum atomic E-state index is -5.14. The van der Waals surface area contributed by atoms with Crippen molar-refractivity contribution in [3.05, 3.63) is 0 Å². The van der Waals surface area contributed by atoms with Gasteiger partial charge in [-0.1, -0.05) is 0 Å². The number of phosphoric acid groups is 1. The fraction of sp³-hybridized carbons (Fsp3) is 0. The maximum atomic E-state index is 8.66. The van der Waals surface area contributed by atoms with E-state index in [2.05, 4.69) is 0 Å². The van der Waals surface area contributed by atoms with Crippen molar-refractivity contribution in [3.8, 4) is 0 Å². The third-order valence-corrected chi connectivity index (χ3v) is 0. The largest absolute Gasteiger partial charge is 2.00 e. The topological polar surface area (TPSA) is 83.4 Å². The summed E-state index contributed by atoms with van der Waals surface area (Å²) >= 11 is 0. The standard InChI is InChI=1S/Mn.H3O4P/c;1-5(2,3)4/h;(H3,1,2,3,4)/q+2;/p-2. The Morgan fingerprint density at radius 1 is 1.50 bits per heavy atom. The second-order valence-corrected chi connectivity index (χ2v) is 1.41. The van der Waals surface area contributed by atoms with E-state index in [0.29, 0.717) is 0 Å². The Labute approximate surface area is 44.9 Å². The quantitative estimate of drug-likeness (QED) is 0.314. The third kappa shape index (κ3) is 154. The second-order valence-electron chi connectivity index (χ2n) is 0.469. The summed E-state index contributed by atoms with van der Waals surface area (Å²) < 4.78 is 8.66. The molecule has 0 heterocycles. The average molecular weight is 151 g/mol. The molecule has 0 unspecified atom stereocenters. The number of hydrogen-bond donors (Lipinski definition) is 1. The van der Waals surface area contributed by atoms with E-state index in [0.717, 1.165) is 0 Å². The summed E-state index contributed by atoms with van der Waals surface area (Å²) in [6.45, 7) is 0. The summed E-state index contributed by atoms with van der Waals surface area (Å²) in [6, 6.07) is 0. The second kappa shape index (κ2) is 2.75. The maximum Gasteiger partial charge on any atom is 2.00 e. The van der Waals surface area contributed by atoms with Crippen LogP contribution >= 0.6 is 7.82 Å². The van der Waals surface area contributed by atoms with Crippen LogP contribution in [0.5, 0.6) is 0 Å². The van der Waals surface area contributed by atoms with Crippen LogP contribution in [0.15, 0.2) is 0 Å². The molecule has 6 heavy (non-hydrogen) atoms. The number of rotatable bonds is 0. The Morgan fingerprint density at radius 2 is 1.50 bits per heavy atom. The van der Waals surface area contributed by atoms with Gasteiger partial charge in [0.05, 0.1) is 7.82 Å². The first-order valence-corrected chi connectivity index (χ1v) is 2.24. The average Bonchev–Trinajstić information content (AvgIpc) is 0.722. The van der Waals surface area contributed by atoms with E-state index < -0.39 is 7.82 Å². The molecule has 0 saturated carbocycles. The monoisotopic (exact) mass is 151 g/mol. The summed E-state index contributed by atoms with van der Waals surface area (Å²) in [5, 5.41) is 0. The normalized spacial score (nSPS) is 9.83. The van der Waals surface area contributed by atoms with Crippen LogP contribution in [0.2, 0.25) is 0 Å². The molecule has 0 aromatic heterocycles. The van der Waals surface area contributed by atoms with E-state index in [4.69, 9.17) is 19.2 Å². The van der Waals surface area contributed by atoms with Gasteiger partial charge in [-0.15, -0.1) is 0 Å². The summed E-state index contributed by atoms with van der Waals surface area (Å²) in [5.74, 6) is 0. The van der Waals surface area contributed by atoms with Crippen molar-refractivity contribution in [2.24, 2.45) is 0 Å². The minimum Gasteiger partial charge on any atom is -0.790 e. The zero-order valence-electron chi connectivity index (χ0n) is 2.50. The predicted molar refractivity (Wildman–Crippen MR) is 9.83 cm³/mol. The molecule has 0 aromatic rings. The van der Waals surface area contributed by atoms with Gasteiger partial charge in [-0.2, -0.15) is 0 Å². The van der Waals surface area contributed by atoms with E-state index in [9.17, 15) is 0 Å². The van der Waals surface area contributed by atoms with Crippen molar-refractivity contribution in [2.45, 2.75) is 0 Å². The molecule has 0 atom stereocenters. The summed E-state index contributed by atoms with van der Waals surface area (Å²) in [6.07, 6.45) is 0. The van der Waals surface area contributed by atoms with Crippen LogP contribution in [0.3, 0.4) is 0 Å². The van der Waals surface area contributed by atoms with Crippen LogP contribution in [-0.2, 0) is 21.6 Å². The summed E-state index contributed by atoms with van der Waals surface area (Å²) in [4.78, 5) is 24.3. The van der Waals surface area contributed by atoms with Gasteiger partial charge in [0, 0.05) is 0 Å². The van der Waals surface area contributed by atoms with Gasteiger partial charge in [-0.25, -0.2) is 0 Å². The smallest absolute Gasteiger partial charge is 0.790 e. The Kier molecular flexibility index (Phi) is 4.49. The molecule has 0 amide bonds. The van der Waals surface area contributed by atoms with E-state index in [-0.39, 0.29) is 17.1 Å². The molecule has 6 heteroatoms. The van der Waals surface area contributed by atoms with Gasteiger partial charge in [-0.3, -0.25) is 0 Å². The molecule has 0 aliphatic carbocycles. The molecule has 0 saturated heterocycles. The Balaban J connectivity index is 0. The zero-order valence-corrected chi connectivity index (χ0v) is 4.57. The van der Waals surface area contributed by atoms with Crippen LogP contribution in [0.1, 0.15) is 0 Å². The van der Waals surface area contributed by atoms with Gasteiger partial charge >= 0.3 is 17.1 Å². The van der Waals surface area contributed by atoms with E-state index in [1.54, 1.807) is 0 Å². The summed E-state index contributed by atoms with van der Waals surface area (Å²) in [5.41, 5.74) is 0. The van der Waals surface area contributed by atoms with Crippen molar-refractivity contribution < 1.29 is 36.3 Å². The third-order valence-electron chi connectivity index (χ3n) is 0. The van der Waals surface area contributed by atoms with Crippen LogP contribution in [0.4, 0.5) is 0 Å². The van der Waals surface area contributed by atoms with E-state index in [1.807, 2.05) is 0 Å². The summed E-state index contributed by atoms with van der Waals surface area (Å²) in [7, 11) is -5.14. The van der Waals surface area contributed by atoms with Gasteiger partial charge in [-0.05, 0) is 0 Å². The molecule has 1 radical (unpaired) electrons. The minimum absolute atomic E-state index is 0. The van der Waals surface area contributed by atoms with E-state index >= 15 is 0 Å². The van der Waals surface area contributed by atoms with Gasteiger partial charge in [0.2, 0.25) is 0 Å². The van der Waals surface area contributed by atoms with Crippen LogP contribution in [0.25, 0.3) is 0 Å². The van der Waals surface area contributed by atoms with Crippen molar-refractivity contribution in [1.82, 2.24) is 0 Å². The molecule has 0 aliphatic rings. The predicted octanol–water partition coefficient (Wildman–Crippen LogP) is -2.20.